The van der Waals surface area contributed by atoms with Crippen LogP contribution in [0.2, 0.25) is 0 Å². The van der Waals surface area contributed by atoms with E-state index in [-0.39, 0.29) is 12.0 Å². The highest BCUT2D eigenvalue weighted by molar-refractivity contribution is 5.81. The topological polar surface area (TPSA) is 54.5 Å². The molecule has 0 spiro atoms. The maximum atomic E-state index is 12.4. The third-order valence-electron chi connectivity index (χ3n) is 4.35. The minimum atomic E-state index is 0.0157. The van der Waals surface area contributed by atoms with Crippen LogP contribution >= 0.6 is 0 Å². The van der Waals surface area contributed by atoms with Gasteiger partial charge >= 0.3 is 0 Å². The van der Waals surface area contributed by atoms with Crippen LogP contribution in [0.25, 0.3) is 0 Å². The Morgan fingerprint density at radius 1 is 1.20 bits per heavy atom. The summed E-state index contributed by atoms with van der Waals surface area (Å²) in [6, 6.07) is 13.9. The molecule has 1 atom stereocenters. The fourth-order valence-electron chi connectivity index (χ4n) is 3.01. The first-order valence-corrected chi connectivity index (χ1v) is 8.88. The van der Waals surface area contributed by atoms with Gasteiger partial charge in [-0.15, -0.1) is 0 Å². The van der Waals surface area contributed by atoms with E-state index < -0.39 is 0 Å². The number of carbonyl (C=O) groups is 1. The van der Waals surface area contributed by atoms with E-state index in [4.69, 9.17) is 4.74 Å². The monoisotopic (exact) mass is 339 g/mol. The molecule has 1 N–H and O–H groups in total. The van der Waals surface area contributed by atoms with Gasteiger partial charge in [-0.05, 0) is 43.0 Å². The molecule has 3 rings (SSSR count). The van der Waals surface area contributed by atoms with Crippen molar-refractivity contribution in [2.45, 2.75) is 31.9 Å². The zero-order valence-corrected chi connectivity index (χ0v) is 14.4. The Bertz CT molecular complexity index is 643. The molecule has 2 heterocycles. The smallest absolute Gasteiger partial charge is 0.239 e. The van der Waals surface area contributed by atoms with E-state index in [1.54, 1.807) is 6.20 Å². The lowest BCUT2D eigenvalue weighted by atomic mass is 10.1. The minimum absolute atomic E-state index is 0.0157. The first kappa shape index (κ1) is 17.4. The van der Waals surface area contributed by atoms with Crippen molar-refractivity contribution in [3.63, 3.8) is 0 Å². The molecule has 1 aromatic carbocycles. The van der Waals surface area contributed by atoms with Gasteiger partial charge in [0.05, 0.1) is 12.6 Å². The van der Waals surface area contributed by atoms with Crippen LogP contribution in [0.1, 0.15) is 24.8 Å². The van der Waals surface area contributed by atoms with Crippen molar-refractivity contribution < 1.29 is 9.53 Å². The highest BCUT2D eigenvalue weighted by Gasteiger charge is 2.16. The fraction of sp³-hybridized carbons (Fsp3) is 0.400. The standard InChI is InChI=1S/C20H25N3O2/c24-20(22-14-19-10-4-5-12-25-19)16-23(18-8-2-1-3-9-18)15-17-7-6-11-21-13-17/h1-3,6-9,11,13,19H,4-5,10,12,14-16H2,(H,22,24)/t19-/m1/s1. The zero-order valence-electron chi connectivity index (χ0n) is 14.4. The van der Waals surface area contributed by atoms with Crippen LogP contribution in [0.3, 0.4) is 0 Å². The molecule has 1 aliphatic heterocycles. The Balaban J connectivity index is 1.59. The zero-order chi connectivity index (χ0) is 17.3. The van der Waals surface area contributed by atoms with Gasteiger partial charge in [0.15, 0.2) is 0 Å². The van der Waals surface area contributed by atoms with Crippen molar-refractivity contribution in [2.24, 2.45) is 0 Å². The number of pyridine rings is 1. The van der Waals surface area contributed by atoms with E-state index in [9.17, 15) is 4.79 Å². The van der Waals surface area contributed by atoms with Gasteiger partial charge in [0.25, 0.3) is 0 Å². The second-order valence-corrected chi connectivity index (χ2v) is 6.35. The summed E-state index contributed by atoms with van der Waals surface area (Å²) in [5.41, 5.74) is 2.10. The number of carbonyl (C=O) groups excluding carboxylic acids is 1. The number of hydrogen-bond donors (Lipinski definition) is 1. The summed E-state index contributed by atoms with van der Waals surface area (Å²) in [6.07, 6.45) is 7.07. The molecule has 2 aromatic rings. The van der Waals surface area contributed by atoms with Gasteiger partial charge in [-0.25, -0.2) is 0 Å². The summed E-state index contributed by atoms with van der Waals surface area (Å²) in [5, 5.41) is 3.02. The average Bonchev–Trinajstić information content (AvgIpc) is 2.68. The first-order chi connectivity index (χ1) is 12.3. The molecule has 0 saturated carbocycles. The lowest BCUT2D eigenvalue weighted by Gasteiger charge is -2.26. The van der Waals surface area contributed by atoms with Gasteiger partial charge in [-0.1, -0.05) is 24.3 Å². The van der Waals surface area contributed by atoms with Crippen molar-refractivity contribution in [1.82, 2.24) is 10.3 Å². The van der Waals surface area contributed by atoms with E-state index in [0.29, 0.717) is 19.6 Å². The maximum absolute atomic E-state index is 12.4. The summed E-state index contributed by atoms with van der Waals surface area (Å²) >= 11 is 0. The van der Waals surface area contributed by atoms with Crippen LogP contribution in [0.5, 0.6) is 0 Å². The molecule has 5 heteroatoms. The lowest BCUT2D eigenvalue weighted by molar-refractivity contribution is -0.120. The third-order valence-corrected chi connectivity index (χ3v) is 4.35. The Morgan fingerprint density at radius 3 is 2.80 bits per heavy atom. The van der Waals surface area contributed by atoms with E-state index >= 15 is 0 Å². The van der Waals surface area contributed by atoms with Crippen LogP contribution in [-0.2, 0) is 16.1 Å². The first-order valence-electron chi connectivity index (χ1n) is 8.88. The number of benzene rings is 1. The number of ether oxygens (including phenoxy) is 1. The highest BCUT2D eigenvalue weighted by atomic mass is 16.5. The van der Waals surface area contributed by atoms with Crippen molar-refractivity contribution in [1.29, 1.82) is 0 Å². The van der Waals surface area contributed by atoms with Crippen molar-refractivity contribution in [3.05, 3.63) is 60.4 Å². The number of para-hydroxylation sites is 1. The molecular formula is C20H25N3O2. The molecule has 1 fully saturated rings. The molecule has 1 aliphatic rings. The van der Waals surface area contributed by atoms with E-state index in [1.807, 2.05) is 48.7 Å². The van der Waals surface area contributed by atoms with Crippen LogP contribution in [0, 0.1) is 0 Å². The molecule has 0 bridgehead atoms. The second kappa shape index (κ2) is 9.18. The number of nitrogens with zero attached hydrogens (tertiary/aromatic N) is 2. The van der Waals surface area contributed by atoms with Crippen molar-refractivity contribution in [2.75, 3.05) is 24.6 Å². The number of aromatic nitrogens is 1. The summed E-state index contributed by atoms with van der Waals surface area (Å²) in [4.78, 5) is 18.7. The Labute approximate surface area is 149 Å². The lowest BCUT2D eigenvalue weighted by Crippen LogP contribution is -2.41. The van der Waals surface area contributed by atoms with Crippen molar-refractivity contribution >= 4 is 11.6 Å². The van der Waals surface area contributed by atoms with Gasteiger partial charge in [0.2, 0.25) is 5.91 Å². The predicted molar refractivity (Wildman–Crippen MR) is 98.3 cm³/mol. The number of hydrogen-bond acceptors (Lipinski definition) is 4. The minimum Gasteiger partial charge on any atom is -0.376 e. The molecule has 1 aromatic heterocycles. The van der Waals surface area contributed by atoms with E-state index in [0.717, 1.165) is 30.7 Å². The van der Waals surface area contributed by atoms with Gasteiger partial charge in [-0.2, -0.15) is 0 Å². The van der Waals surface area contributed by atoms with Gasteiger partial charge in [-0.3, -0.25) is 9.78 Å². The number of anilines is 1. The molecule has 0 unspecified atom stereocenters. The average molecular weight is 339 g/mol. The quantitative estimate of drug-likeness (QED) is 0.843. The van der Waals surface area contributed by atoms with Gasteiger partial charge < -0.3 is 15.0 Å². The van der Waals surface area contributed by atoms with E-state index in [2.05, 4.69) is 15.2 Å². The molecule has 1 saturated heterocycles. The summed E-state index contributed by atoms with van der Waals surface area (Å²) < 4.78 is 5.68. The normalized spacial score (nSPS) is 17.0. The Kier molecular flexibility index (Phi) is 6.40. The molecule has 1 amide bonds. The largest absolute Gasteiger partial charge is 0.376 e. The number of nitrogens with one attached hydrogen (secondary N) is 1. The van der Waals surface area contributed by atoms with Crippen LogP contribution in [-0.4, -0.2) is 36.7 Å². The molecular weight excluding hydrogens is 314 g/mol. The van der Waals surface area contributed by atoms with E-state index in [1.165, 1.54) is 6.42 Å². The second-order valence-electron chi connectivity index (χ2n) is 6.35. The maximum Gasteiger partial charge on any atom is 0.239 e. The number of rotatable bonds is 7. The third kappa shape index (κ3) is 5.57. The summed E-state index contributed by atoms with van der Waals surface area (Å²) in [5.74, 6) is 0.0157. The van der Waals surface area contributed by atoms with Gasteiger partial charge in [0, 0.05) is 37.8 Å². The SMILES string of the molecule is O=C(CN(Cc1cccnc1)c1ccccc1)NC[C@H]1CCCCO1. The van der Waals surface area contributed by atoms with Crippen molar-refractivity contribution in [3.8, 4) is 0 Å². The summed E-state index contributed by atoms with van der Waals surface area (Å²) in [7, 11) is 0. The molecule has 25 heavy (non-hydrogen) atoms. The predicted octanol–water partition coefficient (Wildman–Crippen LogP) is 2.77. The highest BCUT2D eigenvalue weighted by Crippen LogP contribution is 2.16. The fourth-order valence-corrected chi connectivity index (χ4v) is 3.01. The molecule has 132 valence electrons. The van der Waals surface area contributed by atoms with Crippen LogP contribution in [0.4, 0.5) is 5.69 Å². The Morgan fingerprint density at radius 2 is 2.08 bits per heavy atom. The Hall–Kier alpha value is -2.40. The van der Waals surface area contributed by atoms with Crippen LogP contribution in [0.15, 0.2) is 54.9 Å². The molecule has 0 aliphatic carbocycles. The molecule has 5 nitrogen and oxygen atoms in total. The number of amides is 1. The molecule has 0 radical (unpaired) electrons. The van der Waals surface area contributed by atoms with Gasteiger partial charge in [0.1, 0.15) is 0 Å². The van der Waals surface area contributed by atoms with Crippen LogP contribution < -0.4 is 10.2 Å². The summed E-state index contributed by atoms with van der Waals surface area (Å²) in [6.45, 7) is 2.35.